The minimum Gasteiger partial charge on any atom is -0.379 e. The predicted molar refractivity (Wildman–Crippen MR) is 101 cm³/mol. The number of hydrogen-bond donors (Lipinski definition) is 3. The molecule has 160 valence electrons. The zero-order valence-electron chi connectivity index (χ0n) is 16.3. The summed E-state index contributed by atoms with van der Waals surface area (Å²) in [6.07, 6.45) is -3.92. The number of benzene rings is 1. The molecule has 0 aromatic heterocycles. The predicted octanol–water partition coefficient (Wildman–Crippen LogP) is 2.17. The topological polar surface area (TPSA) is 74.9 Å². The van der Waals surface area contributed by atoms with Gasteiger partial charge in [0, 0.05) is 37.5 Å². The molecule has 0 spiro atoms. The molecule has 0 amide bonds. The lowest BCUT2D eigenvalue weighted by Crippen LogP contribution is -2.55. The van der Waals surface area contributed by atoms with E-state index in [9.17, 15) is 17.6 Å². The van der Waals surface area contributed by atoms with Crippen LogP contribution in [0, 0.1) is 5.82 Å². The molecular weight excluding hydrogens is 390 g/mol. The van der Waals surface area contributed by atoms with Crippen LogP contribution in [0.5, 0.6) is 0 Å². The third-order valence-electron chi connectivity index (χ3n) is 4.63. The van der Waals surface area contributed by atoms with Crippen LogP contribution in [0.25, 0.3) is 0 Å². The van der Waals surface area contributed by atoms with Crippen molar-refractivity contribution in [3.63, 3.8) is 0 Å². The first-order valence-electron chi connectivity index (χ1n) is 9.37. The van der Waals surface area contributed by atoms with Crippen LogP contribution < -0.4 is 16.4 Å². The molecule has 0 bridgehead atoms. The molecule has 2 aliphatic rings. The Morgan fingerprint density at radius 1 is 1.28 bits per heavy atom. The molecule has 4 N–H and O–H groups in total. The maximum atomic E-state index is 14.3. The molecule has 0 radical (unpaired) electrons. The molecule has 1 saturated heterocycles. The van der Waals surface area contributed by atoms with E-state index >= 15 is 0 Å². The number of nitrogens with one attached hydrogen (secondary N) is 2. The van der Waals surface area contributed by atoms with E-state index < -0.39 is 23.4 Å². The molecule has 2 heterocycles. The number of allylic oxidation sites excluding steroid dienone is 1. The first-order valence-corrected chi connectivity index (χ1v) is 9.37. The Kier molecular flexibility index (Phi) is 6.16. The summed E-state index contributed by atoms with van der Waals surface area (Å²) < 4.78 is 59.6. The normalized spacial score (nSPS) is 23.4. The summed E-state index contributed by atoms with van der Waals surface area (Å²) in [4.78, 5) is 6.00. The first-order chi connectivity index (χ1) is 13.6. The van der Waals surface area contributed by atoms with Crippen LogP contribution >= 0.6 is 0 Å². The number of halogens is 4. The van der Waals surface area contributed by atoms with Crippen LogP contribution in [-0.2, 0) is 17.1 Å². The summed E-state index contributed by atoms with van der Waals surface area (Å²) in [7, 11) is 0. The molecule has 1 aromatic carbocycles. The van der Waals surface area contributed by atoms with Crippen molar-refractivity contribution in [2.24, 2.45) is 10.7 Å². The van der Waals surface area contributed by atoms with Crippen molar-refractivity contribution in [1.82, 2.24) is 15.5 Å². The molecule has 1 atom stereocenters. The van der Waals surface area contributed by atoms with E-state index in [1.807, 2.05) is 0 Å². The number of rotatable bonds is 5. The molecule has 0 saturated carbocycles. The number of hydrogen-bond acceptors (Lipinski definition) is 6. The highest BCUT2D eigenvalue weighted by Gasteiger charge is 2.41. The van der Waals surface area contributed by atoms with Gasteiger partial charge in [0.2, 0.25) is 5.79 Å². The third kappa shape index (κ3) is 5.26. The SMILES string of the molecule is CC(C)NC1=C(C(F)(F)F)C=NC(N)(c2cc(F)cc(CN3CCOCC3)c2)N1. The fraction of sp³-hybridized carbons (Fsp3) is 0.526. The maximum Gasteiger partial charge on any atom is 0.421 e. The zero-order valence-corrected chi connectivity index (χ0v) is 16.3. The zero-order chi connectivity index (χ0) is 21.2. The number of ether oxygens (including phenoxy) is 1. The van der Waals surface area contributed by atoms with E-state index in [2.05, 4.69) is 20.5 Å². The van der Waals surface area contributed by atoms with Gasteiger partial charge in [-0.3, -0.25) is 10.6 Å². The molecule has 29 heavy (non-hydrogen) atoms. The average molecular weight is 415 g/mol. The Labute approximate surface area is 166 Å². The summed E-state index contributed by atoms with van der Waals surface area (Å²) in [6.45, 7) is 6.53. The van der Waals surface area contributed by atoms with Gasteiger partial charge in [-0.1, -0.05) is 0 Å². The van der Waals surface area contributed by atoms with Crippen molar-refractivity contribution in [1.29, 1.82) is 0 Å². The Balaban J connectivity index is 1.89. The highest BCUT2D eigenvalue weighted by molar-refractivity contribution is 5.82. The van der Waals surface area contributed by atoms with Crippen LogP contribution in [0.1, 0.15) is 25.0 Å². The molecule has 3 rings (SSSR count). The lowest BCUT2D eigenvalue weighted by Gasteiger charge is -2.35. The molecule has 2 aliphatic heterocycles. The van der Waals surface area contributed by atoms with Gasteiger partial charge in [-0.25, -0.2) is 9.38 Å². The minimum absolute atomic E-state index is 0.237. The molecule has 6 nitrogen and oxygen atoms in total. The molecule has 1 unspecified atom stereocenters. The van der Waals surface area contributed by atoms with Crippen LogP contribution in [0.4, 0.5) is 17.6 Å². The smallest absolute Gasteiger partial charge is 0.379 e. The number of nitrogens with two attached hydrogens (primary N) is 1. The number of aliphatic imine (C=N–C) groups is 1. The second-order valence-electron chi connectivity index (χ2n) is 7.47. The summed E-state index contributed by atoms with van der Waals surface area (Å²) in [5.41, 5.74) is 6.21. The van der Waals surface area contributed by atoms with Gasteiger partial charge in [-0.05, 0) is 37.6 Å². The van der Waals surface area contributed by atoms with Gasteiger partial charge in [0.05, 0.1) is 13.2 Å². The van der Waals surface area contributed by atoms with Crippen LogP contribution in [0.3, 0.4) is 0 Å². The van der Waals surface area contributed by atoms with Crippen molar-refractivity contribution < 1.29 is 22.3 Å². The second-order valence-corrected chi connectivity index (χ2v) is 7.47. The van der Waals surface area contributed by atoms with E-state index in [0.717, 1.165) is 13.1 Å². The van der Waals surface area contributed by atoms with E-state index in [-0.39, 0.29) is 17.4 Å². The summed E-state index contributed by atoms with van der Waals surface area (Å²) in [5.74, 6) is -2.55. The molecule has 0 aliphatic carbocycles. The number of nitrogens with zero attached hydrogens (tertiary/aromatic N) is 2. The van der Waals surface area contributed by atoms with Crippen LogP contribution in [-0.4, -0.2) is 49.6 Å². The number of alkyl halides is 3. The summed E-state index contributed by atoms with van der Waals surface area (Å²) in [6, 6.07) is 3.95. The quantitative estimate of drug-likeness (QED) is 0.643. The van der Waals surface area contributed by atoms with E-state index in [4.69, 9.17) is 10.5 Å². The van der Waals surface area contributed by atoms with Gasteiger partial charge in [-0.15, -0.1) is 0 Å². The average Bonchev–Trinajstić information content (AvgIpc) is 2.60. The monoisotopic (exact) mass is 415 g/mol. The second kappa shape index (κ2) is 8.29. The Morgan fingerprint density at radius 2 is 1.97 bits per heavy atom. The van der Waals surface area contributed by atoms with E-state index in [1.165, 1.54) is 12.1 Å². The van der Waals surface area contributed by atoms with Crippen molar-refractivity contribution >= 4 is 6.21 Å². The maximum absolute atomic E-state index is 14.3. The highest BCUT2D eigenvalue weighted by Crippen LogP contribution is 2.31. The largest absolute Gasteiger partial charge is 0.421 e. The minimum atomic E-state index is -4.61. The Hall–Kier alpha value is -2.17. The van der Waals surface area contributed by atoms with Crippen molar-refractivity contribution in [3.8, 4) is 0 Å². The fourth-order valence-electron chi connectivity index (χ4n) is 3.26. The van der Waals surface area contributed by atoms with Crippen molar-refractivity contribution in [2.45, 2.75) is 38.4 Å². The van der Waals surface area contributed by atoms with Crippen molar-refractivity contribution in [3.05, 3.63) is 46.5 Å². The summed E-state index contributed by atoms with van der Waals surface area (Å²) >= 11 is 0. The standard InChI is InChI=1S/C19H25F4N5O/c1-12(2)26-17-16(18(21,22)23)10-25-19(24,27-17)14-7-13(8-15(20)9-14)11-28-3-5-29-6-4-28/h7-10,12,26-27H,3-6,11,24H2,1-2H3. The lowest BCUT2D eigenvalue weighted by molar-refractivity contribution is -0.0876. The molecule has 10 heteroatoms. The van der Waals surface area contributed by atoms with Gasteiger partial charge in [0.25, 0.3) is 0 Å². The first kappa shape index (κ1) is 21.5. The lowest BCUT2D eigenvalue weighted by atomic mass is 10.0. The van der Waals surface area contributed by atoms with Crippen LogP contribution in [0.15, 0.2) is 34.6 Å². The Bertz CT molecular complexity index is 802. The van der Waals surface area contributed by atoms with E-state index in [0.29, 0.717) is 31.5 Å². The molecule has 1 fully saturated rings. The molecular formula is C19H25F4N5O. The van der Waals surface area contributed by atoms with Gasteiger partial charge in [-0.2, -0.15) is 13.2 Å². The van der Waals surface area contributed by atoms with Gasteiger partial charge in [0.1, 0.15) is 17.2 Å². The van der Waals surface area contributed by atoms with Gasteiger partial charge >= 0.3 is 6.18 Å². The Morgan fingerprint density at radius 3 is 2.59 bits per heavy atom. The fourth-order valence-corrected chi connectivity index (χ4v) is 3.26. The number of morpholine rings is 1. The van der Waals surface area contributed by atoms with Crippen molar-refractivity contribution in [2.75, 3.05) is 26.3 Å². The third-order valence-corrected chi connectivity index (χ3v) is 4.63. The molecule has 1 aromatic rings. The van der Waals surface area contributed by atoms with Gasteiger partial charge < -0.3 is 15.4 Å². The van der Waals surface area contributed by atoms with E-state index in [1.54, 1.807) is 19.9 Å². The highest BCUT2D eigenvalue weighted by atomic mass is 19.4. The van der Waals surface area contributed by atoms with Crippen LogP contribution in [0.2, 0.25) is 0 Å². The summed E-state index contributed by atoms with van der Waals surface area (Å²) in [5, 5.41) is 5.34. The van der Waals surface area contributed by atoms with Gasteiger partial charge in [0.15, 0.2) is 0 Å².